The van der Waals surface area contributed by atoms with Gasteiger partial charge in [0.1, 0.15) is 6.07 Å². The number of anilines is 2. The van der Waals surface area contributed by atoms with Crippen LogP contribution in [0.1, 0.15) is 30.4 Å². The number of benzene rings is 2. The van der Waals surface area contributed by atoms with Crippen molar-refractivity contribution in [2.45, 2.75) is 25.7 Å². The van der Waals surface area contributed by atoms with Crippen molar-refractivity contribution in [3.05, 3.63) is 59.7 Å². The van der Waals surface area contributed by atoms with Crippen LogP contribution >= 0.6 is 0 Å². The van der Waals surface area contributed by atoms with Gasteiger partial charge in [0.2, 0.25) is 5.91 Å². The lowest BCUT2D eigenvalue weighted by molar-refractivity contribution is -0.116. The molecule has 0 aliphatic carbocycles. The molecule has 1 N–H and O–H groups in total. The SMILES string of the molecule is N#Cc1ccccc1NC(=O)CCc1ccc(N2CCCC2)cc1. The van der Waals surface area contributed by atoms with Gasteiger partial charge in [-0.05, 0) is 49.1 Å². The Bertz CT molecular complexity index is 740. The minimum absolute atomic E-state index is 0.0682. The van der Waals surface area contributed by atoms with Gasteiger partial charge in [-0.3, -0.25) is 4.79 Å². The third-order valence-corrected chi connectivity index (χ3v) is 4.37. The fourth-order valence-corrected chi connectivity index (χ4v) is 3.01. The molecule has 0 bridgehead atoms. The summed E-state index contributed by atoms with van der Waals surface area (Å²) in [6, 6.07) is 17.6. The molecular formula is C20H21N3O. The number of nitrogens with zero attached hydrogens (tertiary/aromatic N) is 2. The molecule has 0 saturated carbocycles. The van der Waals surface area contributed by atoms with Gasteiger partial charge < -0.3 is 10.2 Å². The number of rotatable bonds is 5. The van der Waals surface area contributed by atoms with Crippen LogP contribution in [0.3, 0.4) is 0 Å². The standard InChI is InChI=1S/C20H21N3O/c21-15-17-5-1-2-6-19(17)22-20(24)12-9-16-7-10-18(11-8-16)23-13-3-4-14-23/h1-2,5-8,10-11H,3-4,9,12-14H2,(H,22,24). The van der Waals surface area contributed by atoms with Crippen LogP contribution in [0, 0.1) is 11.3 Å². The Morgan fingerprint density at radius 3 is 2.50 bits per heavy atom. The molecule has 24 heavy (non-hydrogen) atoms. The molecule has 1 fully saturated rings. The monoisotopic (exact) mass is 319 g/mol. The highest BCUT2D eigenvalue weighted by molar-refractivity contribution is 5.92. The van der Waals surface area contributed by atoms with Crippen LogP contribution in [0.5, 0.6) is 0 Å². The first-order chi connectivity index (χ1) is 11.8. The quantitative estimate of drug-likeness (QED) is 0.913. The molecule has 1 aliphatic heterocycles. The Balaban J connectivity index is 1.53. The smallest absolute Gasteiger partial charge is 0.224 e. The molecule has 122 valence electrons. The Labute approximate surface area is 142 Å². The topological polar surface area (TPSA) is 56.1 Å². The number of nitriles is 1. The van der Waals surface area contributed by atoms with E-state index in [1.54, 1.807) is 18.2 Å². The van der Waals surface area contributed by atoms with Crippen molar-refractivity contribution in [3.8, 4) is 6.07 Å². The molecule has 0 atom stereocenters. The lowest BCUT2D eigenvalue weighted by Gasteiger charge is -2.17. The Hall–Kier alpha value is -2.80. The fraction of sp³-hybridized carbons (Fsp3) is 0.300. The number of carbonyl (C=O) groups excluding carboxylic acids is 1. The van der Waals surface area contributed by atoms with Gasteiger partial charge in [0, 0.05) is 25.2 Å². The lowest BCUT2D eigenvalue weighted by atomic mass is 10.1. The minimum atomic E-state index is -0.0682. The van der Waals surface area contributed by atoms with E-state index in [1.165, 1.54) is 18.5 Å². The van der Waals surface area contributed by atoms with E-state index >= 15 is 0 Å². The van der Waals surface area contributed by atoms with E-state index in [9.17, 15) is 4.79 Å². The predicted molar refractivity (Wildman–Crippen MR) is 96.0 cm³/mol. The molecule has 1 heterocycles. The molecule has 0 spiro atoms. The van der Waals surface area contributed by atoms with Gasteiger partial charge in [-0.2, -0.15) is 5.26 Å². The van der Waals surface area contributed by atoms with Gasteiger partial charge in [-0.1, -0.05) is 24.3 Å². The van der Waals surface area contributed by atoms with Crippen LogP contribution < -0.4 is 10.2 Å². The van der Waals surface area contributed by atoms with E-state index in [4.69, 9.17) is 5.26 Å². The summed E-state index contributed by atoms with van der Waals surface area (Å²) >= 11 is 0. The number of carbonyl (C=O) groups is 1. The summed E-state index contributed by atoms with van der Waals surface area (Å²) in [4.78, 5) is 14.5. The maximum Gasteiger partial charge on any atom is 0.224 e. The van der Waals surface area contributed by atoms with Crippen molar-refractivity contribution in [1.82, 2.24) is 0 Å². The number of para-hydroxylation sites is 1. The van der Waals surface area contributed by atoms with Crippen LogP contribution in [-0.4, -0.2) is 19.0 Å². The van der Waals surface area contributed by atoms with E-state index in [1.807, 2.05) is 6.07 Å². The number of hydrogen-bond donors (Lipinski definition) is 1. The van der Waals surface area contributed by atoms with Gasteiger partial charge in [0.05, 0.1) is 11.3 Å². The van der Waals surface area contributed by atoms with Crippen molar-refractivity contribution in [2.24, 2.45) is 0 Å². The van der Waals surface area contributed by atoms with E-state index in [2.05, 4.69) is 40.6 Å². The van der Waals surface area contributed by atoms with Gasteiger partial charge in [0.15, 0.2) is 0 Å². The minimum Gasteiger partial charge on any atom is -0.372 e. The average molecular weight is 319 g/mol. The molecule has 3 rings (SSSR count). The first kappa shape index (κ1) is 16.1. The van der Waals surface area contributed by atoms with Crippen LogP contribution in [0.15, 0.2) is 48.5 Å². The number of hydrogen-bond acceptors (Lipinski definition) is 3. The number of aryl methyl sites for hydroxylation is 1. The first-order valence-corrected chi connectivity index (χ1v) is 8.39. The van der Waals surface area contributed by atoms with Crippen molar-refractivity contribution in [1.29, 1.82) is 5.26 Å². The highest BCUT2D eigenvalue weighted by atomic mass is 16.1. The third kappa shape index (κ3) is 3.94. The van der Waals surface area contributed by atoms with Crippen LogP contribution in [0.2, 0.25) is 0 Å². The first-order valence-electron chi connectivity index (χ1n) is 8.39. The summed E-state index contributed by atoms with van der Waals surface area (Å²) in [5, 5.41) is 11.9. The molecule has 2 aromatic rings. The molecule has 0 unspecified atom stereocenters. The van der Waals surface area contributed by atoms with Gasteiger partial charge in [-0.25, -0.2) is 0 Å². The van der Waals surface area contributed by atoms with Gasteiger partial charge in [-0.15, -0.1) is 0 Å². The molecular weight excluding hydrogens is 298 g/mol. The summed E-state index contributed by atoms with van der Waals surface area (Å²) in [7, 11) is 0. The molecule has 0 aromatic heterocycles. The average Bonchev–Trinajstić information content (AvgIpc) is 3.15. The maximum atomic E-state index is 12.1. The second kappa shape index (κ2) is 7.65. The Morgan fingerprint density at radius 2 is 1.79 bits per heavy atom. The molecule has 1 amide bonds. The van der Waals surface area contributed by atoms with Crippen molar-refractivity contribution >= 4 is 17.3 Å². The fourth-order valence-electron chi connectivity index (χ4n) is 3.01. The van der Waals surface area contributed by atoms with E-state index in [0.29, 0.717) is 24.1 Å². The number of amides is 1. The molecule has 1 aliphatic rings. The van der Waals surface area contributed by atoms with E-state index in [-0.39, 0.29) is 5.91 Å². The Kier molecular flexibility index (Phi) is 5.12. The van der Waals surface area contributed by atoms with Crippen molar-refractivity contribution in [3.63, 3.8) is 0 Å². The van der Waals surface area contributed by atoms with E-state index in [0.717, 1.165) is 18.7 Å². The summed E-state index contributed by atoms with van der Waals surface area (Å²) in [5.41, 5.74) is 3.49. The van der Waals surface area contributed by atoms with Crippen molar-refractivity contribution in [2.75, 3.05) is 23.3 Å². The molecule has 1 saturated heterocycles. The normalized spacial score (nSPS) is 13.5. The zero-order valence-electron chi connectivity index (χ0n) is 13.7. The zero-order valence-corrected chi connectivity index (χ0v) is 13.7. The summed E-state index contributed by atoms with van der Waals surface area (Å²) in [6.07, 6.45) is 3.64. The van der Waals surface area contributed by atoms with Crippen molar-refractivity contribution < 1.29 is 4.79 Å². The predicted octanol–water partition coefficient (Wildman–Crippen LogP) is 3.73. The highest BCUT2D eigenvalue weighted by Crippen LogP contribution is 2.21. The van der Waals surface area contributed by atoms with Gasteiger partial charge in [0.25, 0.3) is 0 Å². The maximum absolute atomic E-state index is 12.1. The van der Waals surface area contributed by atoms with Gasteiger partial charge >= 0.3 is 0 Å². The highest BCUT2D eigenvalue weighted by Gasteiger charge is 2.12. The molecule has 4 nitrogen and oxygen atoms in total. The Morgan fingerprint density at radius 1 is 1.08 bits per heavy atom. The van der Waals surface area contributed by atoms with E-state index < -0.39 is 0 Å². The van der Waals surface area contributed by atoms with Crippen LogP contribution in [-0.2, 0) is 11.2 Å². The van der Waals surface area contributed by atoms with Crippen LogP contribution in [0.4, 0.5) is 11.4 Å². The second-order valence-electron chi connectivity index (χ2n) is 6.07. The molecule has 0 radical (unpaired) electrons. The summed E-state index contributed by atoms with van der Waals surface area (Å²) in [5.74, 6) is -0.0682. The third-order valence-electron chi connectivity index (χ3n) is 4.37. The largest absolute Gasteiger partial charge is 0.372 e. The number of nitrogens with one attached hydrogen (secondary N) is 1. The van der Waals surface area contributed by atoms with Crippen LogP contribution in [0.25, 0.3) is 0 Å². The zero-order chi connectivity index (χ0) is 16.8. The summed E-state index contributed by atoms with van der Waals surface area (Å²) in [6.45, 7) is 2.28. The molecule has 2 aromatic carbocycles. The molecule has 4 heteroatoms. The second-order valence-corrected chi connectivity index (χ2v) is 6.07. The summed E-state index contributed by atoms with van der Waals surface area (Å²) < 4.78 is 0. The lowest BCUT2D eigenvalue weighted by Crippen LogP contribution is -2.17.